The minimum atomic E-state index is -5.51. The average Bonchev–Trinajstić information content (AvgIpc) is 3.92. The topological polar surface area (TPSA) is 472 Å². The molecule has 3 aliphatic heterocycles. The number of hydrogen-bond acceptors (Lipinski definition) is 24. The number of fused-ring (bicyclic) bond motifs is 1. The van der Waals surface area contributed by atoms with Gasteiger partial charge in [-0.05, 0) is 6.07 Å². The lowest BCUT2D eigenvalue weighted by Gasteiger charge is -2.25. The van der Waals surface area contributed by atoms with Crippen molar-refractivity contribution in [2.75, 3.05) is 31.3 Å². The van der Waals surface area contributed by atoms with Crippen molar-refractivity contribution in [3.05, 3.63) is 72.5 Å². The van der Waals surface area contributed by atoms with Gasteiger partial charge in [0.1, 0.15) is 67.4 Å². The Morgan fingerprint density at radius 1 is 0.746 bits per heavy atom. The van der Waals surface area contributed by atoms with Crippen molar-refractivity contribution < 1.29 is 85.6 Å². The lowest BCUT2D eigenvalue weighted by molar-refractivity contribution is -0.0628. The van der Waals surface area contributed by atoms with E-state index in [4.69, 9.17) is 48.7 Å². The largest absolute Gasteiger partial charge is 0.694 e. The van der Waals surface area contributed by atoms with Gasteiger partial charge in [0, 0.05) is 23.0 Å². The summed E-state index contributed by atoms with van der Waals surface area (Å²) in [5.41, 5.74) is 7.07. The molecule has 7 rings (SSSR count). The van der Waals surface area contributed by atoms with E-state index in [0.29, 0.717) is 9.13 Å². The van der Waals surface area contributed by atoms with Gasteiger partial charge in [-0.1, -0.05) is 0 Å². The highest BCUT2D eigenvalue weighted by molar-refractivity contribution is 7.47. The van der Waals surface area contributed by atoms with Crippen LogP contribution in [0.3, 0.4) is 0 Å². The highest BCUT2D eigenvalue weighted by atomic mass is 31.2. The number of imidazole rings is 1. The number of aromatic amines is 2. The van der Waals surface area contributed by atoms with E-state index in [9.17, 15) is 63.1 Å². The molecule has 63 heavy (non-hydrogen) atoms. The Bertz CT molecular complexity index is 2690. The third kappa shape index (κ3) is 9.93. The standard InChI is InChI=1S/C28H35N10O22P3/c29-12-1-3-36(27(45)32-12)24-18(43)20(60-62(49,50)54-6-9-15(40)16(41)23(56-9)38-8-31-14-21(38)34-26(30)35-22(14)44)11(58-24)7-55-63(51,52)59-19-10(5-53-61(47)48)57-25(17(19)42)37-4-2-13(39)33-28(37)46/h1-4,8-11,15-20,23-25,40-43H,5-7H2,(H8-,29,30,32,33,34,35,39,44,45,46,47,48,49,50,51,52)/p+1/t9-,10-,11-,15-,16-,17-,18-,19-,20-,23-,24-,25-/m1/s1. The van der Waals surface area contributed by atoms with Crippen LogP contribution >= 0.6 is 23.9 Å². The van der Waals surface area contributed by atoms with Crippen LogP contribution in [-0.4, -0.2) is 148 Å². The molecule has 15 atom stereocenters. The summed E-state index contributed by atoms with van der Waals surface area (Å²) in [6.07, 6.45) is -19.0. The van der Waals surface area contributed by atoms with E-state index in [1.54, 1.807) is 0 Å². The van der Waals surface area contributed by atoms with Crippen LogP contribution < -0.4 is 34.0 Å². The molecule has 3 saturated heterocycles. The molecule has 0 amide bonds. The summed E-state index contributed by atoms with van der Waals surface area (Å²) in [7, 11) is -14.3. The van der Waals surface area contributed by atoms with Crippen molar-refractivity contribution in [3.63, 3.8) is 0 Å². The van der Waals surface area contributed by atoms with Gasteiger partial charge in [0.2, 0.25) is 5.95 Å². The number of phosphoric ester groups is 2. The maximum atomic E-state index is 13.4. The van der Waals surface area contributed by atoms with Crippen LogP contribution in [0, 0.1) is 0 Å². The fourth-order valence-corrected chi connectivity index (χ4v) is 8.94. The second-order valence-corrected chi connectivity index (χ2v) is 17.2. The van der Waals surface area contributed by atoms with E-state index >= 15 is 0 Å². The summed E-state index contributed by atoms with van der Waals surface area (Å²) in [4.78, 5) is 95.2. The molecule has 0 aliphatic carbocycles. The van der Waals surface area contributed by atoms with Crippen LogP contribution in [0.15, 0.2) is 50.0 Å². The summed E-state index contributed by atoms with van der Waals surface area (Å²) >= 11 is 0. The first-order chi connectivity index (χ1) is 29.6. The summed E-state index contributed by atoms with van der Waals surface area (Å²) in [5.74, 6) is -0.560. The van der Waals surface area contributed by atoms with Gasteiger partial charge in [-0.25, -0.2) is 23.7 Å². The Labute approximate surface area is 348 Å². The van der Waals surface area contributed by atoms with E-state index in [0.717, 1.165) is 35.4 Å². The Kier molecular flexibility index (Phi) is 13.4. The van der Waals surface area contributed by atoms with Crippen LogP contribution in [0.25, 0.3) is 11.2 Å². The lowest BCUT2D eigenvalue weighted by Crippen LogP contribution is -2.39. The van der Waals surface area contributed by atoms with E-state index < -0.39 is 140 Å². The number of nitrogens with zero attached hydrogens (tertiary/aromatic N) is 6. The second-order valence-electron chi connectivity index (χ2n) is 13.7. The van der Waals surface area contributed by atoms with Gasteiger partial charge in [0.25, 0.3) is 11.1 Å². The van der Waals surface area contributed by atoms with Gasteiger partial charge in [0.15, 0.2) is 29.8 Å². The first-order valence-corrected chi connectivity index (χ1v) is 21.9. The molecular formula is C28H36N10O22P3+. The molecule has 0 bridgehead atoms. The first-order valence-electron chi connectivity index (χ1n) is 17.8. The van der Waals surface area contributed by atoms with Crippen LogP contribution in [0.2, 0.25) is 0 Å². The third-order valence-corrected chi connectivity index (χ3v) is 11.9. The molecule has 7 heterocycles. The predicted octanol–water partition coefficient (Wildman–Crippen LogP) is -5.10. The fraction of sp³-hybridized carbons (Fsp3) is 0.536. The number of nitrogens with one attached hydrogen (secondary N) is 2. The molecule has 0 saturated carbocycles. The van der Waals surface area contributed by atoms with Crippen molar-refractivity contribution >= 4 is 46.8 Å². The Balaban J connectivity index is 1.07. The van der Waals surface area contributed by atoms with Crippen molar-refractivity contribution in [1.29, 1.82) is 0 Å². The number of phosphoric acid groups is 2. The first kappa shape index (κ1) is 46.5. The molecule has 0 radical (unpaired) electrons. The van der Waals surface area contributed by atoms with Gasteiger partial charge >= 0.3 is 35.3 Å². The quantitative estimate of drug-likeness (QED) is 0.0468. The summed E-state index contributed by atoms with van der Waals surface area (Å²) in [5, 5.41) is 43.8. The zero-order valence-corrected chi connectivity index (χ0v) is 34.1. The molecule has 3 unspecified atom stereocenters. The number of aromatic nitrogens is 8. The van der Waals surface area contributed by atoms with Crippen molar-refractivity contribution in [1.82, 2.24) is 38.6 Å². The molecule has 13 N–H and O–H groups in total. The molecular weight excluding hydrogens is 921 g/mol. The van der Waals surface area contributed by atoms with Gasteiger partial charge in [-0.2, -0.15) is 9.97 Å². The fourth-order valence-electron chi connectivity index (χ4n) is 6.74. The van der Waals surface area contributed by atoms with Gasteiger partial charge in [-0.15, -0.1) is 9.42 Å². The lowest BCUT2D eigenvalue weighted by atomic mass is 10.1. The number of ether oxygens (including phenoxy) is 3. The Morgan fingerprint density at radius 2 is 1.30 bits per heavy atom. The number of anilines is 2. The minimum Gasteiger partial charge on any atom is -0.387 e. The molecule has 0 spiro atoms. The Morgan fingerprint density at radius 3 is 1.90 bits per heavy atom. The molecule has 4 aromatic rings. The number of aliphatic hydroxyl groups excluding tert-OH is 4. The molecule has 4 aromatic heterocycles. The van der Waals surface area contributed by atoms with Crippen molar-refractivity contribution in [3.8, 4) is 0 Å². The van der Waals surface area contributed by atoms with Gasteiger partial charge in [-0.3, -0.25) is 51.4 Å². The predicted molar refractivity (Wildman–Crippen MR) is 200 cm³/mol. The maximum Gasteiger partial charge on any atom is 0.694 e. The normalized spacial score (nSPS) is 31.9. The number of aliphatic hydroxyl groups is 4. The van der Waals surface area contributed by atoms with Crippen LogP contribution in [0.5, 0.6) is 0 Å². The second kappa shape index (κ2) is 18.2. The summed E-state index contributed by atoms with van der Waals surface area (Å²) in [6, 6.07) is 2.00. The molecule has 344 valence electrons. The summed E-state index contributed by atoms with van der Waals surface area (Å²) < 4.78 is 82.3. The smallest absolute Gasteiger partial charge is 0.387 e. The number of rotatable bonds is 16. The van der Waals surface area contributed by atoms with E-state index in [2.05, 4.69) is 24.5 Å². The van der Waals surface area contributed by atoms with E-state index in [-0.39, 0.29) is 22.9 Å². The van der Waals surface area contributed by atoms with E-state index in [1.165, 1.54) is 0 Å². The van der Waals surface area contributed by atoms with Gasteiger partial charge < -0.3 is 55.9 Å². The highest BCUT2D eigenvalue weighted by Gasteiger charge is 2.53. The number of nitrogen functional groups attached to an aromatic ring is 2. The zero-order chi connectivity index (χ0) is 45.7. The van der Waals surface area contributed by atoms with Crippen LogP contribution in [0.1, 0.15) is 18.7 Å². The minimum absolute atomic E-state index is 0.148. The molecule has 3 aliphatic rings. The monoisotopic (exact) mass is 957 g/mol. The number of hydrogen-bond donors (Lipinski definition) is 11. The number of H-pyrrole nitrogens is 2. The Hall–Kier alpha value is -4.53. The van der Waals surface area contributed by atoms with E-state index in [1.807, 2.05) is 4.98 Å². The highest BCUT2D eigenvalue weighted by Crippen LogP contribution is 2.52. The molecule has 35 heteroatoms. The van der Waals surface area contributed by atoms with Crippen molar-refractivity contribution in [2.45, 2.75) is 73.6 Å². The average molecular weight is 958 g/mol. The SMILES string of the molecule is Nc1ccn([C@@H]2O[C@H](COP(=O)(O)O[C@H]3[C@@H](O)[C@H](n4ccc(=O)[nH]c4=O)O[C@@H]3CO[P+](=O)O)[C@@H](OP(=O)(O)OC[C@H]3O[C@@H](n4cnc5c(=O)[nH]c(N)nc54)[C@H](O)[C@@H]3O)[C@H]2O)c(=O)n1. The van der Waals surface area contributed by atoms with Gasteiger partial charge in [0.05, 0.1) is 19.5 Å². The zero-order valence-electron chi connectivity index (χ0n) is 31.4. The molecule has 3 fully saturated rings. The maximum absolute atomic E-state index is 13.4. The molecule has 32 nitrogen and oxygen atoms in total. The van der Waals surface area contributed by atoms with Crippen LogP contribution in [0.4, 0.5) is 11.8 Å². The molecule has 0 aromatic carbocycles. The number of nitrogens with two attached hydrogens (primary N) is 2. The summed E-state index contributed by atoms with van der Waals surface area (Å²) in [6.45, 7) is -3.05. The third-order valence-electron chi connectivity index (χ3n) is 9.59. The van der Waals surface area contributed by atoms with Crippen LogP contribution in [-0.2, 0) is 50.5 Å². The van der Waals surface area contributed by atoms with Crippen molar-refractivity contribution in [2.24, 2.45) is 0 Å².